The van der Waals surface area contributed by atoms with E-state index < -0.39 is 0 Å². The van der Waals surface area contributed by atoms with Crippen LogP contribution >= 0.6 is 11.3 Å². The second-order valence-corrected chi connectivity index (χ2v) is 5.78. The highest BCUT2D eigenvalue weighted by Crippen LogP contribution is 2.40. The van der Waals surface area contributed by atoms with Gasteiger partial charge in [-0.1, -0.05) is 39.5 Å². The molecule has 0 radical (unpaired) electrons. The number of hydrogen-bond acceptors (Lipinski definition) is 3. The fourth-order valence-corrected chi connectivity index (χ4v) is 3.84. The lowest BCUT2D eigenvalue weighted by molar-refractivity contribution is 0.175. The summed E-state index contributed by atoms with van der Waals surface area (Å²) in [7, 11) is 0. The predicted molar refractivity (Wildman–Crippen MR) is 74.3 cm³/mol. The van der Waals surface area contributed by atoms with Crippen molar-refractivity contribution >= 4 is 11.3 Å². The summed E-state index contributed by atoms with van der Waals surface area (Å²) in [6.45, 7) is 5.57. The third-order valence-electron chi connectivity index (χ3n) is 4.11. The lowest BCUT2D eigenvalue weighted by Crippen LogP contribution is -2.34. The van der Waals surface area contributed by atoms with Gasteiger partial charge in [0.05, 0.1) is 17.2 Å². The summed E-state index contributed by atoms with van der Waals surface area (Å²) in [6.07, 6.45) is 6.91. The van der Waals surface area contributed by atoms with E-state index in [9.17, 15) is 0 Å². The standard InChI is InChI=1S/C14H24N2S/c1-3-11-7-5-6-8-12(11)14(15-4-2)13-9-17-10-16-13/h9-12,14-15H,3-8H2,1-2H3. The van der Waals surface area contributed by atoms with E-state index in [2.05, 4.69) is 29.5 Å². The molecule has 2 rings (SSSR count). The highest BCUT2D eigenvalue weighted by molar-refractivity contribution is 7.07. The van der Waals surface area contributed by atoms with E-state index >= 15 is 0 Å². The summed E-state index contributed by atoms with van der Waals surface area (Å²) in [4.78, 5) is 4.54. The Balaban J connectivity index is 2.13. The van der Waals surface area contributed by atoms with Crippen LogP contribution in [0.3, 0.4) is 0 Å². The van der Waals surface area contributed by atoms with Gasteiger partial charge in [-0.2, -0.15) is 0 Å². The number of thiazole rings is 1. The molecule has 1 heterocycles. The van der Waals surface area contributed by atoms with E-state index in [1.165, 1.54) is 37.8 Å². The van der Waals surface area contributed by atoms with Gasteiger partial charge in [0.1, 0.15) is 0 Å². The maximum atomic E-state index is 4.54. The summed E-state index contributed by atoms with van der Waals surface area (Å²) in [5.74, 6) is 1.67. The number of nitrogens with one attached hydrogen (secondary N) is 1. The number of rotatable bonds is 5. The molecule has 1 saturated carbocycles. The van der Waals surface area contributed by atoms with Crippen LogP contribution in [0, 0.1) is 11.8 Å². The monoisotopic (exact) mass is 252 g/mol. The first-order valence-corrected chi connectivity index (χ1v) is 7.92. The Bertz CT molecular complexity index is 310. The lowest BCUT2D eigenvalue weighted by Gasteiger charge is -2.36. The predicted octanol–water partition coefficient (Wildman–Crippen LogP) is 4.01. The zero-order valence-corrected chi connectivity index (χ0v) is 11.8. The maximum Gasteiger partial charge on any atom is 0.0795 e. The Morgan fingerprint density at radius 3 is 2.88 bits per heavy atom. The second-order valence-electron chi connectivity index (χ2n) is 5.07. The van der Waals surface area contributed by atoms with Crippen LogP contribution in [0.5, 0.6) is 0 Å². The SMILES string of the molecule is CCNC(c1cscn1)C1CCCCC1CC. The Hall–Kier alpha value is -0.410. The third kappa shape index (κ3) is 3.08. The Kier molecular flexibility index (Phi) is 4.99. The number of aromatic nitrogens is 1. The fraction of sp³-hybridized carbons (Fsp3) is 0.786. The Labute approximate surface area is 109 Å². The molecule has 0 spiro atoms. The quantitative estimate of drug-likeness (QED) is 0.856. The van der Waals surface area contributed by atoms with Crippen LogP contribution in [-0.4, -0.2) is 11.5 Å². The minimum atomic E-state index is 0.483. The normalized spacial score (nSPS) is 26.9. The van der Waals surface area contributed by atoms with Crippen molar-refractivity contribution in [3.8, 4) is 0 Å². The highest BCUT2D eigenvalue weighted by atomic mass is 32.1. The molecule has 3 heteroatoms. The summed E-state index contributed by atoms with van der Waals surface area (Å²) < 4.78 is 0. The zero-order valence-electron chi connectivity index (χ0n) is 11.0. The molecular weight excluding hydrogens is 228 g/mol. The van der Waals surface area contributed by atoms with Crippen LogP contribution in [0.1, 0.15) is 57.7 Å². The van der Waals surface area contributed by atoms with Gasteiger partial charge in [0.15, 0.2) is 0 Å². The van der Waals surface area contributed by atoms with Crippen molar-refractivity contribution in [2.45, 2.75) is 52.0 Å². The molecule has 96 valence electrons. The summed E-state index contributed by atoms with van der Waals surface area (Å²) in [6, 6.07) is 0.483. The van der Waals surface area contributed by atoms with Gasteiger partial charge in [-0.3, -0.25) is 0 Å². The average Bonchev–Trinajstić information content (AvgIpc) is 2.89. The molecule has 3 atom stereocenters. The van der Waals surface area contributed by atoms with Crippen molar-refractivity contribution in [2.24, 2.45) is 11.8 Å². The molecule has 1 aliphatic rings. The third-order valence-corrected chi connectivity index (χ3v) is 4.72. The van der Waals surface area contributed by atoms with Crippen molar-refractivity contribution in [3.05, 3.63) is 16.6 Å². The van der Waals surface area contributed by atoms with Crippen molar-refractivity contribution < 1.29 is 0 Å². The van der Waals surface area contributed by atoms with Gasteiger partial charge in [-0.15, -0.1) is 11.3 Å². The van der Waals surface area contributed by atoms with Crippen LogP contribution in [0.25, 0.3) is 0 Å². The first-order chi connectivity index (χ1) is 8.36. The molecule has 1 aliphatic carbocycles. The first-order valence-electron chi connectivity index (χ1n) is 6.98. The van der Waals surface area contributed by atoms with E-state index in [1.54, 1.807) is 11.3 Å². The maximum absolute atomic E-state index is 4.54. The van der Waals surface area contributed by atoms with Gasteiger partial charge in [0.25, 0.3) is 0 Å². The molecule has 1 aromatic rings. The van der Waals surface area contributed by atoms with E-state index in [0.29, 0.717) is 6.04 Å². The van der Waals surface area contributed by atoms with Gasteiger partial charge in [0.2, 0.25) is 0 Å². The van der Waals surface area contributed by atoms with Crippen molar-refractivity contribution in [1.29, 1.82) is 0 Å². The molecule has 1 aromatic heterocycles. The van der Waals surface area contributed by atoms with Crippen molar-refractivity contribution in [1.82, 2.24) is 10.3 Å². The van der Waals surface area contributed by atoms with Crippen LogP contribution < -0.4 is 5.32 Å². The second kappa shape index (κ2) is 6.50. The van der Waals surface area contributed by atoms with Gasteiger partial charge >= 0.3 is 0 Å². The molecule has 2 nitrogen and oxygen atoms in total. The summed E-state index contributed by atoms with van der Waals surface area (Å²) in [5, 5.41) is 5.88. The van der Waals surface area contributed by atoms with Gasteiger partial charge in [0, 0.05) is 5.38 Å². The molecular formula is C14H24N2S. The van der Waals surface area contributed by atoms with E-state index in [-0.39, 0.29) is 0 Å². The molecule has 17 heavy (non-hydrogen) atoms. The summed E-state index contributed by atoms with van der Waals surface area (Å²) in [5.41, 5.74) is 3.23. The van der Waals surface area contributed by atoms with Crippen molar-refractivity contribution in [2.75, 3.05) is 6.54 Å². The largest absolute Gasteiger partial charge is 0.309 e. The van der Waals surface area contributed by atoms with Crippen molar-refractivity contribution in [3.63, 3.8) is 0 Å². The first kappa shape index (κ1) is 13.0. The average molecular weight is 252 g/mol. The molecule has 0 saturated heterocycles. The zero-order chi connectivity index (χ0) is 12.1. The molecule has 0 aliphatic heterocycles. The topological polar surface area (TPSA) is 24.9 Å². The van der Waals surface area contributed by atoms with Crippen LogP contribution in [0.2, 0.25) is 0 Å². The van der Waals surface area contributed by atoms with E-state index in [4.69, 9.17) is 0 Å². The van der Waals surface area contributed by atoms with Crippen LogP contribution in [0.15, 0.2) is 10.9 Å². The number of hydrogen-bond donors (Lipinski definition) is 1. The molecule has 1 N–H and O–H groups in total. The van der Waals surface area contributed by atoms with Gasteiger partial charge in [-0.25, -0.2) is 4.98 Å². The van der Waals surface area contributed by atoms with E-state index in [0.717, 1.165) is 18.4 Å². The molecule has 3 unspecified atom stereocenters. The highest BCUT2D eigenvalue weighted by Gasteiger charge is 2.32. The molecule has 0 bridgehead atoms. The summed E-state index contributed by atoms with van der Waals surface area (Å²) >= 11 is 1.72. The smallest absolute Gasteiger partial charge is 0.0795 e. The van der Waals surface area contributed by atoms with Crippen LogP contribution in [-0.2, 0) is 0 Å². The fourth-order valence-electron chi connectivity index (χ4n) is 3.25. The number of nitrogens with zero attached hydrogens (tertiary/aromatic N) is 1. The minimum Gasteiger partial charge on any atom is -0.309 e. The van der Waals surface area contributed by atoms with Crippen LogP contribution in [0.4, 0.5) is 0 Å². The minimum absolute atomic E-state index is 0.483. The Morgan fingerprint density at radius 1 is 1.41 bits per heavy atom. The van der Waals surface area contributed by atoms with Gasteiger partial charge < -0.3 is 5.32 Å². The Morgan fingerprint density at radius 2 is 2.24 bits per heavy atom. The van der Waals surface area contributed by atoms with Gasteiger partial charge in [-0.05, 0) is 24.8 Å². The molecule has 0 aromatic carbocycles. The lowest BCUT2D eigenvalue weighted by atomic mass is 9.73. The molecule has 1 fully saturated rings. The molecule has 0 amide bonds. The van der Waals surface area contributed by atoms with E-state index in [1.807, 2.05) is 5.51 Å².